The molecule has 3 rings (SSSR count). The van der Waals surface area contributed by atoms with E-state index < -0.39 is 0 Å². The fourth-order valence-corrected chi connectivity index (χ4v) is 2.50. The highest BCUT2D eigenvalue weighted by atomic mass is 16.3. The van der Waals surface area contributed by atoms with Crippen molar-refractivity contribution in [2.24, 2.45) is 0 Å². The third kappa shape index (κ3) is 3.31. The summed E-state index contributed by atoms with van der Waals surface area (Å²) >= 11 is 0. The van der Waals surface area contributed by atoms with Gasteiger partial charge in [0.15, 0.2) is 5.78 Å². The van der Waals surface area contributed by atoms with E-state index in [0.29, 0.717) is 12.0 Å². The van der Waals surface area contributed by atoms with Gasteiger partial charge in [-0.15, -0.1) is 0 Å². The fraction of sp³-hybridized carbons (Fsp3) is 0.158. The molecular formula is C19H17NO2. The van der Waals surface area contributed by atoms with Crippen LogP contribution in [0.4, 0.5) is 0 Å². The van der Waals surface area contributed by atoms with Gasteiger partial charge in [0.05, 0.1) is 5.52 Å². The van der Waals surface area contributed by atoms with E-state index in [1.165, 1.54) is 0 Å². The number of nitrogens with zero attached hydrogens (tertiary/aromatic N) is 1. The third-order valence-electron chi connectivity index (χ3n) is 3.71. The molecule has 0 aliphatic carbocycles. The van der Waals surface area contributed by atoms with Crippen LogP contribution in [0.3, 0.4) is 0 Å². The highest BCUT2D eigenvalue weighted by Crippen LogP contribution is 2.16. The minimum absolute atomic E-state index is 0.105. The molecule has 0 saturated carbocycles. The summed E-state index contributed by atoms with van der Waals surface area (Å²) in [5, 5.41) is 10.4. The maximum atomic E-state index is 12.1. The maximum Gasteiger partial charge on any atom is 0.162 e. The van der Waals surface area contributed by atoms with Crippen molar-refractivity contribution in [3.63, 3.8) is 0 Å². The molecule has 0 amide bonds. The minimum atomic E-state index is 0.105. The molecule has 0 radical (unpaired) electrons. The Hall–Kier alpha value is -2.68. The molecular weight excluding hydrogens is 274 g/mol. The van der Waals surface area contributed by atoms with Crippen molar-refractivity contribution in [3.8, 4) is 5.75 Å². The summed E-state index contributed by atoms with van der Waals surface area (Å²) in [5.74, 6) is 0.285. The summed E-state index contributed by atoms with van der Waals surface area (Å²) in [6.45, 7) is 0. The van der Waals surface area contributed by atoms with Gasteiger partial charge in [-0.05, 0) is 54.8 Å². The first-order valence-electron chi connectivity index (χ1n) is 7.38. The summed E-state index contributed by atoms with van der Waals surface area (Å²) in [5.41, 5.74) is 2.79. The topological polar surface area (TPSA) is 50.2 Å². The van der Waals surface area contributed by atoms with Crippen LogP contribution in [-0.2, 0) is 6.42 Å². The van der Waals surface area contributed by atoms with E-state index in [9.17, 15) is 9.90 Å². The fourth-order valence-electron chi connectivity index (χ4n) is 2.50. The van der Waals surface area contributed by atoms with Gasteiger partial charge >= 0.3 is 0 Å². The van der Waals surface area contributed by atoms with Crippen molar-refractivity contribution in [1.29, 1.82) is 0 Å². The van der Waals surface area contributed by atoms with E-state index in [1.807, 2.05) is 30.5 Å². The van der Waals surface area contributed by atoms with E-state index in [4.69, 9.17) is 0 Å². The van der Waals surface area contributed by atoms with Gasteiger partial charge in [-0.25, -0.2) is 0 Å². The molecule has 3 aromatic rings. The zero-order chi connectivity index (χ0) is 15.4. The average Bonchev–Trinajstić information content (AvgIpc) is 2.55. The van der Waals surface area contributed by atoms with Crippen LogP contribution in [0.25, 0.3) is 10.9 Å². The Morgan fingerprint density at radius 3 is 2.64 bits per heavy atom. The lowest BCUT2D eigenvalue weighted by molar-refractivity contribution is 0.0980. The van der Waals surface area contributed by atoms with Gasteiger partial charge in [-0.2, -0.15) is 0 Å². The highest BCUT2D eigenvalue weighted by molar-refractivity contribution is 5.96. The number of ketones is 1. The van der Waals surface area contributed by atoms with Gasteiger partial charge in [0.2, 0.25) is 0 Å². The molecule has 0 spiro atoms. The summed E-state index contributed by atoms with van der Waals surface area (Å²) < 4.78 is 0. The first-order valence-corrected chi connectivity index (χ1v) is 7.38. The lowest BCUT2D eigenvalue weighted by atomic mass is 10.0. The van der Waals surface area contributed by atoms with Crippen molar-refractivity contribution in [2.45, 2.75) is 19.3 Å². The molecule has 3 heteroatoms. The number of hydrogen-bond acceptors (Lipinski definition) is 3. The Bertz CT molecular complexity index is 794. The number of aryl methyl sites for hydroxylation is 1. The standard InChI is InChI=1S/C19H17NO2/c21-17-10-8-15(9-11-17)19(22)7-3-4-14-12-16-5-1-2-6-18(16)20-13-14/h1-2,5-6,8-13,21H,3-4,7H2. The van der Waals surface area contributed by atoms with Crippen LogP contribution in [0.2, 0.25) is 0 Å². The second-order valence-corrected chi connectivity index (χ2v) is 5.36. The summed E-state index contributed by atoms with van der Waals surface area (Å²) in [6.07, 6.45) is 4.01. The van der Waals surface area contributed by atoms with Gasteiger partial charge in [0.25, 0.3) is 0 Å². The van der Waals surface area contributed by atoms with Crippen molar-refractivity contribution in [3.05, 3.63) is 71.9 Å². The predicted octanol–water partition coefficient (Wildman–Crippen LogP) is 4.15. The molecule has 0 atom stereocenters. The number of phenolic OH excluding ortho intramolecular Hbond substituents is 1. The van der Waals surface area contributed by atoms with Gasteiger partial charge < -0.3 is 5.11 Å². The molecule has 0 saturated heterocycles. The van der Waals surface area contributed by atoms with Crippen LogP contribution in [0, 0.1) is 0 Å². The quantitative estimate of drug-likeness (QED) is 0.718. The first-order chi connectivity index (χ1) is 10.7. The molecule has 1 N–H and O–H groups in total. The zero-order valence-electron chi connectivity index (χ0n) is 12.2. The van der Waals surface area contributed by atoms with E-state index in [2.05, 4.69) is 11.1 Å². The van der Waals surface area contributed by atoms with Gasteiger partial charge in [0, 0.05) is 23.6 Å². The third-order valence-corrected chi connectivity index (χ3v) is 3.71. The van der Waals surface area contributed by atoms with Crippen LogP contribution in [0.5, 0.6) is 5.75 Å². The first kappa shape index (κ1) is 14.3. The molecule has 0 fully saturated rings. The smallest absolute Gasteiger partial charge is 0.162 e. The van der Waals surface area contributed by atoms with Crippen molar-refractivity contribution < 1.29 is 9.90 Å². The Balaban J connectivity index is 1.59. The number of carbonyl (C=O) groups is 1. The van der Waals surface area contributed by atoms with Crippen LogP contribution < -0.4 is 0 Å². The van der Waals surface area contributed by atoms with E-state index in [0.717, 1.165) is 29.3 Å². The van der Waals surface area contributed by atoms with Crippen molar-refractivity contribution in [1.82, 2.24) is 4.98 Å². The normalized spacial score (nSPS) is 10.7. The van der Waals surface area contributed by atoms with Crippen molar-refractivity contribution in [2.75, 3.05) is 0 Å². The monoisotopic (exact) mass is 291 g/mol. The number of carbonyl (C=O) groups excluding carboxylic acids is 1. The average molecular weight is 291 g/mol. The molecule has 1 aromatic heterocycles. The second kappa shape index (κ2) is 6.39. The molecule has 1 heterocycles. The number of para-hydroxylation sites is 1. The van der Waals surface area contributed by atoms with E-state index in [1.54, 1.807) is 24.3 Å². The molecule has 0 aliphatic heterocycles. The van der Waals surface area contributed by atoms with Crippen LogP contribution in [0.15, 0.2) is 60.8 Å². The Kier molecular flexibility index (Phi) is 4.15. The number of aromatic hydroxyl groups is 1. The van der Waals surface area contributed by atoms with Gasteiger partial charge in [0.1, 0.15) is 5.75 Å². The number of rotatable bonds is 5. The van der Waals surface area contributed by atoms with E-state index in [-0.39, 0.29) is 11.5 Å². The Morgan fingerprint density at radius 1 is 1.05 bits per heavy atom. The van der Waals surface area contributed by atoms with Crippen LogP contribution in [0.1, 0.15) is 28.8 Å². The SMILES string of the molecule is O=C(CCCc1cnc2ccccc2c1)c1ccc(O)cc1. The van der Waals surface area contributed by atoms with Gasteiger partial charge in [-0.3, -0.25) is 9.78 Å². The molecule has 2 aromatic carbocycles. The molecule has 3 nitrogen and oxygen atoms in total. The highest BCUT2D eigenvalue weighted by Gasteiger charge is 2.06. The van der Waals surface area contributed by atoms with E-state index >= 15 is 0 Å². The van der Waals surface area contributed by atoms with Gasteiger partial charge in [-0.1, -0.05) is 18.2 Å². The Labute approximate surface area is 129 Å². The zero-order valence-corrected chi connectivity index (χ0v) is 12.2. The number of aromatic nitrogens is 1. The molecule has 0 aliphatic rings. The Morgan fingerprint density at radius 2 is 1.82 bits per heavy atom. The summed E-state index contributed by atoms with van der Waals surface area (Å²) in [7, 11) is 0. The number of fused-ring (bicyclic) bond motifs is 1. The molecule has 0 bridgehead atoms. The van der Waals surface area contributed by atoms with Crippen LogP contribution in [-0.4, -0.2) is 15.9 Å². The number of phenols is 1. The summed E-state index contributed by atoms with van der Waals surface area (Å²) in [4.78, 5) is 16.5. The predicted molar refractivity (Wildman–Crippen MR) is 87.1 cm³/mol. The number of Topliss-reactive ketones (excluding diaryl/α,β-unsaturated/α-hetero) is 1. The van der Waals surface area contributed by atoms with Crippen molar-refractivity contribution >= 4 is 16.7 Å². The molecule has 22 heavy (non-hydrogen) atoms. The second-order valence-electron chi connectivity index (χ2n) is 5.36. The minimum Gasteiger partial charge on any atom is -0.508 e. The number of hydrogen-bond donors (Lipinski definition) is 1. The number of pyridine rings is 1. The lowest BCUT2D eigenvalue weighted by Crippen LogP contribution is -1.99. The maximum absolute atomic E-state index is 12.1. The molecule has 0 unspecified atom stereocenters. The molecule has 110 valence electrons. The largest absolute Gasteiger partial charge is 0.508 e. The lowest BCUT2D eigenvalue weighted by Gasteiger charge is -2.04. The van der Waals surface area contributed by atoms with Crippen LogP contribution >= 0.6 is 0 Å². The number of benzene rings is 2. The summed E-state index contributed by atoms with van der Waals surface area (Å²) in [6, 6.07) is 16.6.